The molecule has 1 aliphatic rings. The molecule has 0 radical (unpaired) electrons. The maximum Gasteiger partial charge on any atom is 0.339 e. The second-order valence-corrected chi connectivity index (χ2v) is 2.91. The molecule has 0 aliphatic heterocycles. The number of methoxy groups -OCH3 is 1. The fourth-order valence-corrected chi connectivity index (χ4v) is 1.45. The lowest BCUT2D eigenvalue weighted by atomic mass is 9.99. The lowest BCUT2D eigenvalue weighted by Crippen LogP contribution is -2.50. The molecule has 0 heterocycles. The van der Waals surface area contributed by atoms with Gasteiger partial charge in [-0.3, -0.25) is 0 Å². The van der Waals surface area contributed by atoms with E-state index in [1.54, 1.807) is 0 Å². The average Bonchev–Trinajstić information content (AvgIpc) is 2.32. The van der Waals surface area contributed by atoms with Gasteiger partial charge in [0.15, 0.2) is 5.60 Å². The van der Waals surface area contributed by atoms with Crippen LogP contribution in [0.25, 0.3) is 0 Å². The molecule has 64 valence electrons. The van der Waals surface area contributed by atoms with Crippen LogP contribution in [0, 0.1) is 0 Å². The topological polar surface area (TPSA) is 72.5 Å². The fourth-order valence-electron chi connectivity index (χ4n) is 1.45. The summed E-state index contributed by atoms with van der Waals surface area (Å²) in [6.07, 6.45) is 1.89. The summed E-state index contributed by atoms with van der Waals surface area (Å²) in [6, 6.07) is -0.463. The maximum absolute atomic E-state index is 11.0. The summed E-state index contributed by atoms with van der Waals surface area (Å²) < 4.78 is 4.44. The molecular weight excluding hydrogens is 146 g/mol. The molecule has 0 aromatic carbocycles. The van der Waals surface area contributed by atoms with Gasteiger partial charge in [0.1, 0.15) is 0 Å². The number of hydrogen-bond acceptors (Lipinski definition) is 4. The predicted molar refractivity (Wildman–Crippen MR) is 38.8 cm³/mol. The van der Waals surface area contributed by atoms with E-state index in [1.165, 1.54) is 7.11 Å². The molecule has 1 saturated carbocycles. The van der Waals surface area contributed by atoms with E-state index in [4.69, 9.17) is 5.73 Å². The van der Waals surface area contributed by atoms with Crippen LogP contribution in [0.3, 0.4) is 0 Å². The van der Waals surface area contributed by atoms with Crippen LogP contribution in [0.1, 0.15) is 19.3 Å². The number of nitrogens with two attached hydrogens (primary N) is 1. The monoisotopic (exact) mass is 159 g/mol. The predicted octanol–water partition coefficient (Wildman–Crippen LogP) is -0.598. The Kier molecular flexibility index (Phi) is 2.15. The van der Waals surface area contributed by atoms with Gasteiger partial charge in [0, 0.05) is 6.04 Å². The maximum atomic E-state index is 11.0. The van der Waals surface area contributed by atoms with Crippen LogP contribution in [0.4, 0.5) is 0 Å². The molecule has 0 amide bonds. The van der Waals surface area contributed by atoms with E-state index >= 15 is 0 Å². The minimum Gasteiger partial charge on any atom is -0.467 e. The molecule has 0 aromatic rings. The molecule has 2 atom stereocenters. The highest BCUT2D eigenvalue weighted by Crippen LogP contribution is 2.29. The van der Waals surface area contributed by atoms with Crippen molar-refractivity contribution in [1.29, 1.82) is 0 Å². The SMILES string of the molecule is COC(=O)[C@@]1(O)CCC[C@H]1N. The van der Waals surface area contributed by atoms with Gasteiger partial charge in [-0.25, -0.2) is 4.79 Å². The zero-order chi connectivity index (χ0) is 8.48. The Bertz CT molecular complexity index is 171. The van der Waals surface area contributed by atoms with Crippen molar-refractivity contribution in [3.05, 3.63) is 0 Å². The number of ether oxygens (including phenoxy) is 1. The summed E-state index contributed by atoms with van der Waals surface area (Å²) in [5, 5.41) is 9.63. The molecule has 0 saturated heterocycles. The van der Waals surface area contributed by atoms with Gasteiger partial charge in [-0.15, -0.1) is 0 Å². The van der Waals surface area contributed by atoms with Gasteiger partial charge in [-0.1, -0.05) is 0 Å². The second-order valence-electron chi connectivity index (χ2n) is 2.91. The molecular formula is C7H13NO3. The zero-order valence-electron chi connectivity index (χ0n) is 6.54. The molecule has 1 aliphatic carbocycles. The highest BCUT2D eigenvalue weighted by atomic mass is 16.5. The summed E-state index contributed by atoms with van der Waals surface area (Å²) in [4.78, 5) is 11.0. The summed E-state index contributed by atoms with van der Waals surface area (Å²) >= 11 is 0. The first kappa shape index (κ1) is 8.49. The Labute approximate surface area is 65.3 Å². The number of hydrogen-bond donors (Lipinski definition) is 2. The summed E-state index contributed by atoms with van der Waals surface area (Å²) in [6.45, 7) is 0. The Morgan fingerprint density at radius 2 is 2.45 bits per heavy atom. The molecule has 1 fully saturated rings. The van der Waals surface area contributed by atoms with Gasteiger partial charge in [0.25, 0.3) is 0 Å². The summed E-state index contributed by atoms with van der Waals surface area (Å²) in [7, 11) is 1.26. The Morgan fingerprint density at radius 1 is 1.82 bits per heavy atom. The van der Waals surface area contributed by atoms with E-state index < -0.39 is 17.6 Å². The van der Waals surface area contributed by atoms with Gasteiger partial charge in [-0.05, 0) is 19.3 Å². The minimum atomic E-state index is -1.42. The molecule has 0 bridgehead atoms. The van der Waals surface area contributed by atoms with Crippen molar-refractivity contribution >= 4 is 5.97 Å². The molecule has 0 unspecified atom stereocenters. The first-order valence-electron chi connectivity index (χ1n) is 3.67. The van der Waals surface area contributed by atoms with Crippen molar-refractivity contribution in [2.75, 3.05) is 7.11 Å². The quantitative estimate of drug-likeness (QED) is 0.501. The van der Waals surface area contributed by atoms with Crippen LogP contribution in [0.15, 0.2) is 0 Å². The van der Waals surface area contributed by atoms with Crippen molar-refractivity contribution < 1.29 is 14.6 Å². The van der Waals surface area contributed by atoms with Gasteiger partial charge in [0.2, 0.25) is 0 Å². The third-order valence-electron chi connectivity index (χ3n) is 2.23. The third-order valence-corrected chi connectivity index (χ3v) is 2.23. The Hall–Kier alpha value is -0.610. The third kappa shape index (κ3) is 1.23. The lowest BCUT2D eigenvalue weighted by Gasteiger charge is -2.23. The molecule has 3 N–H and O–H groups in total. The van der Waals surface area contributed by atoms with E-state index in [2.05, 4.69) is 4.74 Å². The molecule has 1 rings (SSSR count). The molecule has 4 nitrogen and oxygen atoms in total. The van der Waals surface area contributed by atoms with E-state index in [9.17, 15) is 9.90 Å². The molecule has 0 aromatic heterocycles. The van der Waals surface area contributed by atoms with Crippen molar-refractivity contribution in [2.45, 2.75) is 30.9 Å². The van der Waals surface area contributed by atoms with Gasteiger partial charge >= 0.3 is 5.97 Å². The van der Waals surface area contributed by atoms with Gasteiger partial charge in [-0.2, -0.15) is 0 Å². The summed E-state index contributed by atoms with van der Waals surface area (Å²) in [5.74, 6) is -0.609. The minimum absolute atomic E-state index is 0.418. The van der Waals surface area contributed by atoms with Gasteiger partial charge in [0.05, 0.1) is 7.11 Å². The Morgan fingerprint density at radius 3 is 2.82 bits per heavy atom. The zero-order valence-corrected chi connectivity index (χ0v) is 6.54. The van der Waals surface area contributed by atoms with E-state index in [-0.39, 0.29) is 0 Å². The summed E-state index contributed by atoms with van der Waals surface area (Å²) in [5.41, 5.74) is 4.12. The van der Waals surface area contributed by atoms with Crippen molar-refractivity contribution in [3.8, 4) is 0 Å². The number of carbonyl (C=O) groups is 1. The average molecular weight is 159 g/mol. The van der Waals surface area contributed by atoms with Crippen LogP contribution >= 0.6 is 0 Å². The Balaban J connectivity index is 2.72. The number of esters is 1. The van der Waals surface area contributed by atoms with Crippen molar-refractivity contribution in [1.82, 2.24) is 0 Å². The normalized spacial score (nSPS) is 37.2. The van der Waals surface area contributed by atoms with Gasteiger partial charge < -0.3 is 15.6 Å². The second kappa shape index (κ2) is 2.79. The van der Waals surface area contributed by atoms with E-state index in [0.29, 0.717) is 12.8 Å². The lowest BCUT2D eigenvalue weighted by molar-refractivity contribution is -0.162. The molecule has 11 heavy (non-hydrogen) atoms. The van der Waals surface area contributed by atoms with E-state index in [0.717, 1.165) is 6.42 Å². The van der Waals surface area contributed by atoms with Crippen LogP contribution in [0.2, 0.25) is 0 Å². The van der Waals surface area contributed by atoms with Crippen LogP contribution < -0.4 is 5.73 Å². The molecule has 0 spiro atoms. The van der Waals surface area contributed by atoms with Crippen molar-refractivity contribution in [2.24, 2.45) is 5.73 Å². The number of rotatable bonds is 1. The van der Waals surface area contributed by atoms with Crippen LogP contribution in [0.5, 0.6) is 0 Å². The van der Waals surface area contributed by atoms with Crippen molar-refractivity contribution in [3.63, 3.8) is 0 Å². The smallest absolute Gasteiger partial charge is 0.339 e. The van der Waals surface area contributed by atoms with Crippen LogP contribution in [-0.4, -0.2) is 29.8 Å². The number of carbonyl (C=O) groups excluding carboxylic acids is 1. The van der Waals surface area contributed by atoms with E-state index in [1.807, 2.05) is 0 Å². The first-order chi connectivity index (χ1) is 5.11. The number of aliphatic hydroxyl groups is 1. The largest absolute Gasteiger partial charge is 0.467 e. The highest BCUT2D eigenvalue weighted by molar-refractivity contribution is 5.80. The fraction of sp³-hybridized carbons (Fsp3) is 0.857. The first-order valence-corrected chi connectivity index (χ1v) is 3.67. The highest BCUT2D eigenvalue weighted by Gasteiger charge is 2.46. The standard InChI is InChI=1S/C7H13NO3/c1-11-6(9)7(10)4-2-3-5(7)8/h5,10H,2-4,8H2,1H3/t5-,7-/m1/s1. The molecule has 4 heteroatoms. The van der Waals surface area contributed by atoms with Crippen LogP contribution in [-0.2, 0) is 9.53 Å².